The number of carbonyl (C=O) groups excluding carboxylic acids is 1. The fourth-order valence-electron chi connectivity index (χ4n) is 2.38. The van der Waals surface area contributed by atoms with E-state index in [1.165, 1.54) is 16.8 Å². The molecular formula is C19H17N3O2. The Balaban J connectivity index is 1.83. The van der Waals surface area contributed by atoms with Gasteiger partial charge in [-0.1, -0.05) is 48.0 Å². The van der Waals surface area contributed by atoms with Gasteiger partial charge in [0.05, 0.1) is 6.54 Å². The summed E-state index contributed by atoms with van der Waals surface area (Å²) >= 11 is 0. The summed E-state index contributed by atoms with van der Waals surface area (Å²) in [6.45, 7) is 2.32. The van der Waals surface area contributed by atoms with Crippen LogP contribution < -0.4 is 10.9 Å². The van der Waals surface area contributed by atoms with E-state index in [2.05, 4.69) is 10.4 Å². The summed E-state index contributed by atoms with van der Waals surface area (Å²) < 4.78 is 1.30. The van der Waals surface area contributed by atoms with Crippen LogP contribution in [0, 0.1) is 6.92 Å². The van der Waals surface area contributed by atoms with E-state index >= 15 is 0 Å². The summed E-state index contributed by atoms with van der Waals surface area (Å²) in [6.07, 6.45) is 0. The number of nitrogens with one attached hydrogen (secondary N) is 1. The predicted octanol–water partition coefficient (Wildman–Crippen LogP) is 2.85. The number of aryl methyl sites for hydroxylation is 1. The number of anilines is 1. The van der Waals surface area contributed by atoms with Crippen LogP contribution in [-0.2, 0) is 6.54 Å². The molecule has 0 atom stereocenters. The summed E-state index contributed by atoms with van der Waals surface area (Å²) in [7, 11) is 0. The van der Waals surface area contributed by atoms with E-state index in [0.717, 1.165) is 11.1 Å². The molecule has 3 aromatic rings. The van der Waals surface area contributed by atoms with E-state index < -0.39 is 0 Å². The number of carbonyl (C=O) groups is 1. The highest BCUT2D eigenvalue weighted by atomic mass is 16.2. The molecule has 0 saturated heterocycles. The van der Waals surface area contributed by atoms with Crippen LogP contribution in [0.2, 0.25) is 0 Å². The molecule has 2 aromatic carbocycles. The summed E-state index contributed by atoms with van der Waals surface area (Å²) in [5.74, 6) is -0.348. The first-order valence-corrected chi connectivity index (χ1v) is 7.62. The van der Waals surface area contributed by atoms with Gasteiger partial charge in [0.25, 0.3) is 11.5 Å². The fraction of sp³-hybridized carbons (Fsp3) is 0.105. The van der Waals surface area contributed by atoms with Crippen molar-refractivity contribution in [1.29, 1.82) is 0 Å². The Labute approximate surface area is 139 Å². The van der Waals surface area contributed by atoms with Crippen molar-refractivity contribution >= 4 is 11.6 Å². The molecule has 24 heavy (non-hydrogen) atoms. The second kappa shape index (κ2) is 6.91. The highest BCUT2D eigenvalue weighted by molar-refractivity contribution is 6.02. The lowest BCUT2D eigenvalue weighted by atomic mass is 10.1. The molecule has 0 fully saturated rings. The predicted molar refractivity (Wildman–Crippen MR) is 93.2 cm³/mol. The Morgan fingerprint density at radius 3 is 2.58 bits per heavy atom. The normalized spacial score (nSPS) is 10.4. The lowest BCUT2D eigenvalue weighted by Gasteiger charge is -2.08. The summed E-state index contributed by atoms with van der Waals surface area (Å²) in [6, 6.07) is 19.8. The molecule has 0 unspecified atom stereocenters. The van der Waals surface area contributed by atoms with Gasteiger partial charge in [0.2, 0.25) is 0 Å². The van der Waals surface area contributed by atoms with Crippen molar-refractivity contribution in [3.8, 4) is 0 Å². The van der Waals surface area contributed by atoms with Gasteiger partial charge >= 0.3 is 0 Å². The number of nitrogens with zero attached hydrogens (tertiary/aromatic N) is 2. The first kappa shape index (κ1) is 15.7. The van der Waals surface area contributed by atoms with E-state index in [0.29, 0.717) is 12.2 Å². The summed E-state index contributed by atoms with van der Waals surface area (Å²) in [5, 5.41) is 6.95. The molecule has 5 heteroatoms. The molecule has 1 aromatic heterocycles. The quantitative estimate of drug-likeness (QED) is 0.804. The molecule has 0 spiro atoms. The highest BCUT2D eigenvalue weighted by Crippen LogP contribution is 2.08. The van der Waals surface area contributed by atoms with E-state index in [9.17, 15) is 9.59 Å². The topological polar surface area (TPSA) is 64.0 Å². The Kier molecular flexibility index (Phi) is 4.52. The van der Waals surface area contributed by atoms with Gasteiger partial charge in [-0.05, 0) is 30.7 Å². The van der Waals surface area contributed by atoms with Gasteiger partial charge < -0.3 is 5.32 Å². The molecule has 5 nitrogen and oxygen atoms in total. The van der Waals surface area contributed by atoms with Crippen LogP contribution >= 0.6 is 0 Å². The molecule has 0 aliphatic heterocycles. The molecule has 0 saturated carbocycles. The number of para-hydroxylation sites is 1. The van der Waals surface area contributed by atoms with Crippen molar-refractivity contribution in [3.63, 3.8) is 0 Å². The first-order valence-electron chi connectivity index (χ1n) is 7.62. The Morgan fingerprint density at radius 2 is 1.83 bits per heavy atom. The van der Waals surface area contributed by atoms with Gasteiger partial charge in [-0.3, -0.25) is 9.59 Å². The Morgan fingerprint density at radius 1 is 1.04 bits per heavy atom. The number of amides is 1. The van der Waals surface area contributed by atoms with Crippen molar-refractivity contribution in [2.45, 2.75) is 13.5 Å². The molecular weight excluding hydrogens is 302 g/mol. The number of hydrogen-bond donors (Lipinski definition) is 1. The van der Waals surface area contributed by atoms with E-state index in [1.54, 1.807) is 12.1 Å². The van der Waals surface area contributed by atoms with Crippen molar-refractivity contribution in [2.75, 3.05) is 5.32 Å². The zero-order valence-corrected chi connectivity index (χ0v) is 13.3. The zero-order chi connectivity index (χ0) is 16.9. The Bertz CT molecular complexity index is 917. The Hall–Kier alpha value is -3.21. The molecule has 1 N–H and O–H groups in total. The molecule has 0 radical (unpaired) electrons. The van der Waals surface area contributed by atoms with Crippen LogP contribution in [0.4, 0.5) is 5.69 Å². The average molecular weight is 319 g/mol. The molecule has 0 bridgehead atoms. The maximum absolute atomic E-state index is 12.3. The third-order valence-corrected chi connectivity index (χ3v) is 3.55. The zero-order valence-electron chi connectivity index (χ0n) is 13.3. The van der Waals surface area contributed by atoms with Crippen LogP contribution in [0.25, 0.3) is 0 Å². The first-order chi connectivity index (χ1) is 11.6. The standard InChI is InChI=1S/C19H17N3O2/c1-14-6-5-7-15(12-14)13-22-18(23)11-10-17(21-22)19(24)20-16-8-3-2-4-9-16/h2-12H,13H2,1H3,(H,20,24). The van der Waals surface area contributed by atoms with Gasteiger partial charge in [0.15, 0.2) is 0 Å². The monoisotopic (exact) mass is 319 g/mol. The molecule has 0 aliphatic carbocycles. The SMILES string of the molecule is Cc1cccc(Cn2nc(C(=O)Nc3ccccc3)ccc2=O)c1. The highest BCUT2D eigenvalue weighted by Gasteiger charge is 2.10. The minimum Gasteiger partial charge on any atom is -0.321 e. The fourth-order valence-corrected chi connectivity index (χ4v) is 2.38. The van der Waals surface area contributed by atoms with Crippen molar-refractivity contribution in [1.82, 2.24) is 9.78 Å². The largest absolute Gasteiger partial charge is 0.321 e. The van der Waals surface area contributed by atoms with Crippen molar-refractivity contribution < 1.29 is 4.79 Å². The lowest BCUT2D eigenvalue weighted by Crippen LogP contribution is -2.26. The minimum atomic E-state index is -0.348. The summed E-state index contributed by atoms with van der Waals surface area (Å²) in [5.41, 5.74) is 2.71. The third kappa shape index (κ3) is 3.76. The van der Waals surface area contributed by atoms with Gasteiger partial charge in [-0.15, -0.1) is 0 Å². The van der Waals surface area contributed by atoms with Crippen LogP contribution in [-0.4, -0.2) is 15.7 Å². The van der Waals surface area contributed by atoms with Crippen molar-refractivity contribution in [2.24, 2.45) is 0 Å². The second-order valence-electron chi connectivity index (χ2n) is 5.52. The van der Waals surface area contributed by atoms with Gasteiger partial charge in [-0.25, -0.2) is 4.68 Å². The number of aromatic nitrogens is 2. The average Bonchev–Trinajstić information content (AvgIpc) is 2.58. The molecule has 0 aliphatic rings. The molecule has 1 amide bonds. The number of rotatable bonds is 4. The van der Waals surface area contributed by atoms with Gasteiger partial charge in [-0.2, -0.15) is 5.10 Å². The van der Waals surface area contributed by atoms with E-state index in [4.69, 9.17) is 0 Å². The maximum atomic E-state index is 12.3. The van der Waals surface area contributed by atoms with Gasteiger partial charge in [0.1, 0.15) is 5.69 Å². The molecule has 120 valence electrons. The number of hydrogen-bond acceptors (Lipinski definition) is 3. The van der Waals surface area contributed by atoms with Gasteiger partial charge in [0, 0.05) is 11.8 Å². The maximum Gasteiger partial charge on any atom is 0.276 e. The molecule has 1 heterocycles. The lowest BCUT2D eigenvalue weighted by molar-refractivity contribution is 0.102. The molecule has 3 rings (SSSR count). The van der Waals surface area contributed by atoms with Crippen LogP contribution in [0.15, 0.2) is 71.5 Å². The van der Waals surface area contributed by atoms with Crippen molar-refractivity contribution in [3.05, 3.63) is 93.9 Å². The second-order valence-corrected chi connectivity index (χ2v) is 5.52. The van der Waals surface area contributed by atoms with E-state index in [1.807, 2.05) is 49.4 Å². The number of benzene rings is 2. The van der Waals surface area contributed by atoms with E-state index in [-0.39, 0.29) is 17.2 Å². The summed E-state index contributed by atoms with van der Waals surface area (Å²) in [4.78, 5) is 24.3. The minimum absolute atomic E-state index is 0.200. The smallest absolute Gasteiger partial charge is 0.276 e. The van der Waals surface area contributed by atoms with Crippen LogP contribution in [0.5, 0.6) is 0 Å². The third-order valence-electron chi connectivity index (χ3n) is 3.55. The van der Waals surface area contributed by atoms with Crippen LogP contribution in [0.1, 0.15) is 21.6 Å². The van der Waals surface area contributed by atoms with Crippen LogP contribution in [0.3, 0.4) is 0 Å².